The van der Waals surface area contributed by atoms with Crippen LogP contribution in [0.25, 0.3) is 11.3 Å². The highest BCUT2D eigenvalue weighted by atomic mass is 32.2. The molecule has 0 bridgehead atoms. The van der Waals surface area contributed by atoms with Gasteiger partial charge in [-0.15, -0.1) is 0 Å². The van der Waals surface area contributed by atoms with Gasteiger partial charge in [-0.1, -0.05) is 42.0 Å². The van der Waals surface area contributed by atoms with E-state index in [9.17, 15) is 18.3 Å². The first kappa shape index (κ1) is 26.0. The number of nitrogens with two attached hydrogens (primary N) is 1. The Hall–Kier alpha value is -4.08. The molecule has 2 heterocycles. The zero-order valence-corrected chi connectivity index (χ0v) is 21.5. The molecule has 0 spiro atoms. The van der Waals surface area contributed by atoms with Crippen LogP contribution < -0.4 is 10.5 Å². The number of nitrogen functional groups attached to an aromatic ring is 1. The van der Waals surface area contributed by atoms with Crippen LogP contribution in [-0.4, -0.2) is 35.0 Å². The van der Waals surface area contributed by atoms with Crippen LogP contribution >= 0.6 is 0 Å². The van der Waals surface area contributed by atoms with Crippen molar-refractivity contribution in [3.63, 3.8) is 0 Å². The largest absolute Gasteiger partial charge is 0.438 e. The number of pyridine rings is 2. The average Bonchev–Trinajstić information content (AvgIpc) is 2.86. The standard InChI is InChI=1S/C28H27N3O5S/c1-17-12-18(2)27(19(3)13-17)36-28-22(10-11-23(30-28)21-7-4-6-20(14-21)15-32)24(33)16-37(34,35)26-9-5-8-25(29)31-26/h4-14,32H,15-16H2,1-3H3,(H2,29,31). The summed E-state index contributed by atoms with van der Waals surface area (Å²) < 4.78 is 32.0. The van der Waals surface area contributed by atoms with Gasteiger partial charge in [0.2, 0.25) is 15.7 Å². The number of nitrogens with zero attached hydrogens (tertiary/aromatic N) is 2. The second-order valence-electron chi connectivity index (χ2n) is 8.82. The van der Waals surface area contributed by atoms with Crippen molar-refractivity contribution < 1.29 is 23.1 Å². The molecule has 0 atom stereocenters. The number of ketones is 1. The lowest BCUT2D eigenvalue weighted by Crippen LogP contribution is -2.19. The van der Waals surface area contributed by atoms with Crippen LogP contribution in [0.1, 0.15) is 32.6 Å². The first-order valence-corrected chi connectivity index (χ1v) is 13.2. The lowest BCUT2D eigenvalue weighted by Gasteiger charge is -2.16. The summed E-state index contributed by atoms with van der Waals surface area (Å²) in [5, 5.41) is 9.24. The highest BCUT2D eigenvalue weighted by Gasteiger charge is 2.26. The Morgan fingerprint density at radius 1 is 0.946 bits per heavy atom. The number of carbonyl (C=O) groups excluding carboxylic acids is 1. The predicted octanol–water partition coefficient (Wildman–Crippen LogP) is 4.59. The molecule has 0 fully saturated rings. The fraction of sp³-hybridized carbons (Fsp3) is 0.179. The van der Waals surface area contributed by atoms with Gasteiger partial charge < -0.3 is 15.6 Å². The highest BCUT2D eigenvalue weighted by molar-refractivity contribution is 7.92. The summed E-state index contributed by atoms with van der Waals surface area (Å²) in [6.45, 7) is 5.62. The van der Waals surface area contributed by atoms with Crippen molar-refractivity contribution in [2.75, 3.05) is 11.5 Å². The van der Waals surface area contributed by atoms with Crippen molar-refractivity contribution in [3.8, 4) is 22.9 Å². The van der Waals surface area contributed by atoms with Crippen LogP contribution in [-0.2, 0) is 16.4 Å². The molecule has 3 N–H and O–H groups in total. The number of benzene rings is 2. The van der Waals surface area contributed by atoms with Gasteiger partial charge in [-0.2, -0.15) is 0 Å². The molecule has 0 saturated heterocycles. The van der Waals surface area contributed by atoms with Gasteiger partial charge in [0.15, 0.2) is 10.8 Å². The van der Waals surface area contributed by atoms with Crippen molar-refractivity contribution in [3.05, 3.63) is 94.5 Å². The third-order valence-corrected chi connectivity index (χ3v) is 7.26. The van der Waals surface area contributed by atoms with Gasteiger partial charge in [0.1, 0.15) is 17.3 Å². The molecule has 190 valence electrons. The Labute approximate surface area is 215 Å². The molecule has 0 aliphatic carbocycles. The number of carbonyl (C=O) groups is 1. The Bertz CT molecular complexity index is 1580. The number of rotatable bonds is 8. The van der Waals surface area contributed by atoms with Crippen molar-refractivity contribution >= 4 is 21.4 Å². The number of ether oxygens (including phenoxy) is 1. The molecule has 0 aliphatic heterocycles. The number of sulfone groups is 1. The maximum absolute atomic E-state index is 13.3. The van der Waals surface area contributed by atoms with Crippen LogP contribution in [0, 0.1) is 20.8 Å². The topological polar surface area (TPSA) is 132 Å². The maximum Gasteiger partial charge on any atom is 0.230 e. The van der Waals surface area contributed by atoms with Gasteiger partial charge in [-0.05, 0) is 67.8 Å². The van der Waals surface area contributed by atoms with E-state index in [2.05, 4.69) is 9.97 Å². The Morgan fingerprint density at radius 2 is 1.65 bits per heavy atom. The summed E-state index contributed by atoms with van der Waals surface area (Å²) >= 11 is 0. The van der Waals surface area contributed by atoms with Gasteiger partial charge in [-0.3, -0.25) is 4.79 Å². The SMILES string of the molecule is Cc1cc(C)c(Oc2nc(-c3cccc(CO)c3)ccc2C(=O)CS(=O)(=O)c2cccc(N)n2)c(C)c1. The van der Waals surface area contributed by atoms with Crippen LogP contribution in [0.5, 0.6) is 11.6 Å². The molecule has 4 rings (SSSR count). The summed E-state index contributed by atoms with van der Waals surface area (Å²) in [4.78, 5) is 21.8. The number of aromatic nitrogens is 2. The number of anilines is 1. The summed E-state index contributed by atoms with van der Waals surface area (Å²) in [6.07, 6.45) is 0. The van der Waals surface area contributed by atoms with E-state index in [4.69, 9.17) is 10.5 Å². The second kappa shape index (κ2) is 10.5. The van der Waals surface area contributed by atoms with Gasteiger partial charge >= 0.3 is 0 Å². The van der Waals surface area contributed by atoms with E-state index >= 15 is 0 Å². The molecule has 2 aromatic heterocycles. The third-order valence-electron chi connectivity index (χ3n) is 5.75. The van der Waals surface area contributed by atoms with Crippen LogP contribution in [0.15, 0.2) is 71.8 Å². The van der Waals surface area contributed by atoms with E-state index in [0.29, 0.717) is 22.6 Å². The molecule has 0 aliphatic rings. The van der Waals surface area contributed by atoms with E-state index in [0.717, 1.165) is 16.7 Å². The van der Waals surface area contributed by atoms with Gasteiger partial charge in [0.25, 0.3) is 0 Å². The fourth-order valence-corrected chi connectivity index (χ4v) is 5.25. The van der Waals surface area contributed by atoms with Crippen LogP contribution in [0.4, 0.5) is 5.82 Å². The Kier molecular flexibility index (Phi) is 7.37. The van der Waals surface area contributed by atoms with Crippen molar-refractivity contribution in [1.29, 1.82) is 0 Å². The number of Topliss-reactive ketones (excluding diaryl/α,β-unsaturated/α-hetero) is 1. The third kappa shape index (κ3) is 5.84. The van der Waals surface area contributed by atoms with E-state index in [1.54, 1.807) is 24.3 Å². The Balaban J connectivity index is 1.78. The maximum atomic E-state index is 13.3. The Morgan fingerprint density at radius 3 is 2.32 bits per heavy atom. The fourth-order valence-electron chi connectivity index (χ4n) is 4.07. The van der Waals surface area contributed by atoms with Crippen LogP contribution in [0.3, 0.4) is 0 Å². The van der Waals surface area contributed by atoms with Crippen molar-refractivity contribution in [2.24, 2.45) is 0 Å². The van der Waals surface area contributed by atoms with Crippen molar-refractivity contribution in [1.82, 2.24) is 9.97 Å². The molecule has 0 amide bonds. The molecule has 4 aromatic rings. The molecule has 0 unspecified atom stereocenters. The highest BCUT2D eigenvalue weighted by Crippen LogP contribution is 2.33. The van der Waals surface area contributed by atoms with Gasteiger partial charge in [-0.25, -0.2) is 18.4 Å². The molecule has 37 heavy (non-hydrogen) atoms. The summed E-state index contributed by atoms with van der Waals surface area (Å²) in [7, 11) is -4.06. The second-order valence-corrected chi connectivity index (χ2v) is 10.8. The zero-order chi connectivity index (χ0) is 26.7. The normalized spacial score (nSPS) is 11.4. The van der Waals surface area contributed by atoms with E-state index < -0.39 is 21.4 Å². The summed E-state index contributed by atoms with van der Waals surface area (Å²) in [5.74, 6) is -0.951. The smallest absolute Gasteiger partial charge is 0.230 e. The number of hydrogen-bond acceptors (Lipinski definition) is 8. The summed E-state index contributed by atoms with van der Waals surface area (Å²) in [6, 6.07) is 18.4. The van der Waals surface area contributed by atoms with Crippen molar-refractivity contribution in [2.45, 2.75) is 32.4 Å². The quantitative estimate of drug-likeness (QED) is 0.324. The zero-order valence-electron chi connectivity index (χ0n) is 20.7. The summed E-state index contributed by atoms with van der Waals surface area (Å²) in [5.41, 5.74) is 10.3. The first-order valence-electron chi connectivity index (χ1n) is 11.5. The molecular weight excluding hydrogens is 490 g/mol. The molecule has 9 heteroatoms. The molecule has 2 aromatic carbocycles. The monoisotopic (exact) mass is 517 g/mol. The lowest BCUT2D eigenvalue weighted by molar-refractivity contribution is 0.101. The number of aryl methyl sites for hydroxylation is 3. The lowest BCUT2D eigenvalue weighted by atomic mass is 10.1. The molecule has 0 radical (unpaired) electrons. The minimum absolute atomic E-state index is 0.0114. The van der Waals surface area contributed by atoms with Gasteiger partial charge in [0, 0.05) is 5.56 Å². The van der Waals surface area contributed by atoms with Crippen LogP contribution in [0.2, 0.25) is 0 Å². The first-order chi connectivity index (χ1) is 17.6. The van der Waals surface area contributed by atoms with E-state index in [1.807, 2.05) is 39.0 Å². The van der Waals surface area contributed by atoms with E-state index in [1.165, 1.54) is 24.3 Å². The molecule has 0 saturated carbocycles. The number of aliphatic hydroxyl groups is 1. The van der Waals surface area contributed by atoms with E-state index in [-0.39, 0.29) is 28.9 Å². The average molecular weight is 518 g/mol. The molecule has 8 nitrogen and oxygen atoms in total. The van der Waals surface area contributed by atoms with Gasteiger partial charge in [0.05, 0.1) is 17.9 Å². The predicted molar refractivity (Wildman–Crippen MR) is 141 cm³/mol. The molecular formula is C28H27N3O5S. The minimum atomic E-state index is -4.06. The minimum Gasteiger partial charge on any atom is -0.438 e. The number of aliphatic hydroxyl groups excluding tert-OH is 1. The number of hydrogen-bond donors (Lipinski definition) is 2.